The molecular weight excluding hydrogens is 228 g/mol. The van der Waals surface area contributed by atoms with Crippen LogP contribution in [0.2, 0.25) is 0 Å². The number of pyridine rings is 2. The zero-order valence-electron chi connectivity index (χ0n) is 10.1. The number of amides is 1. The summed E-state index contributed by atoms with van der Waals surface area (Å²) in [5.41, 5.74) is 1.23. The fourth-order valence-electron chi connectivity index (χ4n) is 1.49. The maximum atomic E-state index is 12.0. The number of nitrogens with one attached hydrogen (secondary N) is 2. The van der Waals surface area contributed by atoms with E-state index in [1.807, 2.05) is 6.92 Å². The first-order valence-corrected chi connectivity index (χ1v) is 5.71. The van der Waals surface area contributed by atoms with E-state index in [4.69, 9.17) is 0 Å². The first-order chi connectivity index (χ1) is 8.79. The van der Waals surface area contributed by atoms with Crippen LogP contribution >= 0.6 is 0 Å². The van der Waals surface area contributed by atoms with Gasteiger partial charge in [0.25, 0.3) is 5.91 Å². The molecule has 0 aliphatic rings. The molecule has 0 saturated heterocycles. The normalized spacial score (nSPS) is 9.83. The minimum absolute atomic E-state index is 0.176. The molecule has 5 nitrogen and oxygen atoms in total. The minimum atomic E-state index is -0.176. The summed E-state index contributed by atoms with van der Waals surface area (Å²) in [5, 5.41) is 5.83. The van der Waals surface area contributed by atoms with Crippen molar-refractivity contribution >= 4 is 17.4 Å². The smallest absolute Gasteiger partial charge is 0.255 e. The van der Waals surface area contributed by atoms with Crippen LogP contribution in [0.25, 0.3) is 0 Å². The third-order valence-corrected chi connectivity index (χ3v) is 2.30. The number of nitrogens with zero attached hydrogens (tertiary/aromatic N) is 2. The van der Waals surface area contributed by atoms with Crippen LogP contribution < -0.4 is 10.6 Å². The lowest BCUT2D eigenvalue weighted by Gasteiger charge is -2.06. The number of rotatable bonds is 4. The summed E-state index contributed by atoms with van der Waals surface area (Å²) in [4.78, 5) is 20.0. The lowest BCUT2D eigenvalue weighted by atomic mass is 10.2. The predicted octanol–water partition coefficient (Wildman–Crippen LogP) is 2.16. The molecule has 5 heteroatoms. The van der Waals surface area contributed by atoms with Crippen LogP contribution in [0.5, 0.6) is 0 Å². The highest BCUT2D eigenvalue weighted by molar-refractivity contribution is 6.04. The van der Waals surface area contributed by atoms with Crippen molar-refractivity contribution in [1.82, 2.24) is 9.97 Å². The summed E-state index contributed by atoms with van der Waals surface area (Å²) in [7, 11) is 0. The van der Waals surface area contributed by atoms with Crippen LogP contribution in [0.3, 0.4) is 0 Å². The highest BCUT2D eigenvalue weighted by atomic mass is 16.1. The topological polar surface area (TPSA) is 66.9 Å². The largest absolute Gasteiger partial charge is 0.370 e. The molecule has 0 aliphatic heterocycles. The predicted molar refractivity (Wildman–Crippen MR) is 70.6 cm³/mol. The molecule has 2 rings (SSSR count). The molecule has 2 N–H and O–H groups in total. The monoisotopic (exact) mass is 242 g/mol. The molecule has 0 saturated carbocycles. The number of hydrogen-bond donors (Lipinski definition) is 2. The Bertz CT molecular complexity index is 528. The Labute approximate surface area is 105 Å². The van der Waals surface area contributed by atoms with Gasteiger partial charge in [-0.3, -0.25) is 9.78 Å². The van der Waals surface area contributed by atoms with Gasteiger partial charge in [-0.15, -0.1) is 0 Å². The molecule has 0 unspecified atom stereocenters. The first kappa shape index (κ1) is 12.0. The van der Waals surface area contributed by atoms with E-state index in [1.54, 1.807) is 42.9 Å². The summed E-state index contributed by atoms with van der Waals surface area (Å²) in [6.07, 6.45) is 4.87. The Balaban J connectivity index is 2.11. The maximum absolute atomic E-state index is 12.0. The zero-order chi connectivity index (χ0) is 12.8. The molecule has 0 spiro atoms. The van der Waals surface area contributed by atoms with Crippen molar-refractivity contribution in [2.75, 3.05) is 17.2 Å². The summed E-state index contributed by atoms with van der Waals surface area (Å²) < 4.78 is 0. The lowest BCUT2D eigenvalue weighted by molar-refractivity contribution is 0.102. The molecule has 1 amide bonds. The van der Waals surface area contributed by atoms with Crippen molar-refractivity contribution in [3.8, 4) is 0 Å². The summed E-state index contributed by atoms with van der Waals surface area (Å²) >= 11 is 0. The van der Waals surface area contributed by atoms with E-state index in [2.05, 4.69) is 20.6 Å². The Morgan fingerprint density at radius 3 is 2.94 bits per heavy atom. The van der Waals surface area contributed by atoms with E-state index in [1.165, 1.54) is 0 Å². The molecule has 0 fully saturated rings. The van der Waals surface area contributed by atoms with Crippen molar-refractivity contribution in [3.05, 3.63) is 48.4 Å². The zero-order valence-corrected chi connectivity index (χ0v) is 10.1. The van der Waals surface area contributed by atoms with Crippen LogP contribution in [0, 0.1) is 0 Å². The molecule has 92 valence electrons. The number of aromatic nitrogens is 2. The fraction of sp³-hybridized carbons (Fsp3) is 0.154. The quantitative estimate of drug-likeness (QED) is 0.862. The van der Waals surface area contributed by atoms with Crippen molar-refractivity contribution in [2.45, 2.75) is 6.92 Å². The molecule has 0 aliphatic carbocycles. The van der Waals surface area contributed by atoms with Crippen LogP contribution in [0.4, 0.5) is 11.5 Å². The standard InChI is InChI=1S/C13H14N4O/c1-2-15-12-8-10(5-7-16-12)13(18)17-11-4-3-6-14-9-11/h3-9H,2H2,1H3,(H,15,16)(H,17,18). The number of carbonyl (C=O) groups excluding carboxylic acids is 1. The first-order valence-electron chi connectivity index (χ1n) is 5.71. The molecule has 0 atom stereocenters. The molecule has 18 heavy (non-hydrogen) atoms. The second-order valence-electron chi connectivity index (χ2n) is 3.66. The van der Waals surface area contributed by atoms with Gasteiger partial charge >= 0.3 is 0 Å². The van der Waals surface area contributed by atoms with Gasteiger partial charge in [0.1, 0.15) is 5.82 Å². The highest BCUT2D eigenvalue weighted by Crippen LogP contribution is 2.10. The fourth-order valence-corrected chi connectivity index (χ4v) is 1.49. The van der Waals surface area contributed by atoms with Gasteiger partial charge in [0.15, 0.2) is 0 Å². The number of carbonyl (C=O) groups is 1. The van der Waals surface area contributed by atoms with E-state index < -0.39 is 0 Å². The van der Waals surface area contributed by atoms with E-state index >= 15 is 0 Å². The van der Waals surface area contributed by atoms with Gasteiger partial charge < -0.3 is 10.6 Å². The summed E-state index contributed by atoms with van der Waals surface area (Å²) in [5.74, 6) is 0.515. The molecular formula is C13H14N4O. The van der Waals surface area contributed by atoms with Gasteiger partial charge in [-0.05, 0) is 31.2 Å². The van der Waals surface area contributed by atoms with Crippen molar-refractivity contribution in [1.29, 1.82) is 0 Å². The lowest BCUT2D eigenvalue weighted by Crippen LogP contribution is -2.12. The van der Waals surface area contributed by atoms with Crippen molar-refractivity contribution < 1.29 is 4.79 Å². The highest BCUT2D eigenvalue weighted by Gasteiger charge is 2.06. The Morgan fingerprint density at radius 2 is 2.22 bits per heavy atom. The molecule has 0 radical (unpaired) electrons. The molecule has 2 aromatic heterocycles. The molecule has 2 aromatic rings. The minimum Gasteiger partial charge on any atom is -0.370 e. The van der Waals surface area contributed by atoms with E-state index in [0.29, 0.717) is 17.1 Å². The molecule has 0 aromatic carbocycles. The van der Waals surface area contributed by atoms with E-state index in [0.717, 1.165) is 6.54 Å². The van der Waals surface area contributed by atoms with Gasteiger partial charge in [0.05, 0.1) is 11.9 Å². The van der Waals surface area contributed by atoms with Crippen molar-refractivity contribution in [3.63, 3.8) is 0 Å². The average Bonchev–Trinajstić information content (AvgIpc) is 2.40. The van der Waals surface area contributed by atoms with Gasteiger partial charge in [0.2, 0.25) is 0 Å². The van der Waals surface area contributed by atoms with Crippen LogP contribution in [-0.4, -0.2) is 22.4 Å². The second kappa shape index (κ2) is 5.77. The molecule has 2 heterocycles. The van der Waals surface area contributed by atoms with Gasteiger partial charge in [0, 0.05) is 24.5 Å². The molecule has 0 bridgehead atoms. The van der Waals surface area contributed by atoms with Crippen LogP contribution in [0.15, 0.2) is 42.9 Å². The summed E-state index contributed by atoms with van der Waals surface area (Å²) in [6, 6.07) is 6.95. The average molecular weight is 242 g/mol. The van der Waals surface area contributed by atoms with Gasteiger partial charge in [-0.25, -0.2) is 4.98 Å². The third-order valence-electron chi connectivity index (χ3n) is 2.30. The van der Waals surface area contributed by atoms with Crippen LogP contribution in [-0.2, 0) is 0 Å². The van der Waals surface area contributed by atoms with Gasteiger partial charge in [-0.1, -0.05) is 0 Å². The van der Waals surface area contributed by atoms with Gasteiger partial charge in [-0.2, -0.15) is 0 Å². The Morgan fingerprint density at radius 1 is 1.33 bits per heavy atom. The third kappa shape index (κ3) is 3.04. The number of hydrogen-bond acceptors (Lipinski definition) is 4. The summed E-state index contributed by atoms with van der Waals surface area (Å²) in [6.45, 7) is 2.74. The Hall–Kier alpha value is -2.43. The number of anilines is 2. The second-order valence-corrected chi connectivity index (χ2v) is 3.66. The van der Waals surface area contributed by atoms with E-state index in [9.17, 15) is 4.79 Å². The maximum Gasteiger partial charge on any atom is 0.255 e. The SMILES string of the molecule is CCNc1cc(C(=O)Nc2cccnc2)ccn1. The Kier molecular flexibility index (Phi) is 3.86. The van der Waals surface area contributed by atoms with E-state index in [-0.39, 0.29) is 5.91 Å². The van der Waals surface area contributed by atoms with Crippen molar-refractivity contribution in [2.24, 2.45) is 0 Å². The van der Waals surface area contributed by atoms with Crippen LogP contribution in [0.1, 0.15) is 17.3 Å².